The van der Waals surface area contributed by atoms with E-state index in [0.717, 1.165) is 24.6 Å². The van der Waals surface area contributed by atoms with Crippen LogP contribution in [0.25, 0.3) is 0 Å². The normalized spacial score (nSPS) is 10.6. The van der Waals surface area contributed by atoms with Crippen molar-refractivity contribution in [3.05, 3.63) is 0 Å². The van der Waals surface area contributed by atoms with Gasteiger partial charge in [-0.2, -0.15) is 0 Å². The van der Waals surface area contributed by atoms with Crippen LogP contribution in [-0.4, -0.2) is 16.9 Å². The zero-order chi connectivity index (χ0) is 11.0. The third-order valence-corrected chi connectivity index (χ3v) is 2.92. The average Bonchev–Trinajstić information content (AvgIpc) is 2.09. The quantitative estimate of drug-likeness (QED) is 0.383. The van der Waals surface area contributed by atoms with E-state index in [1.807, 2.05) is 0 Å². The van der Waals surface area contributed by atoms with Crippen molar-refractivity contribution >= 4 is 27.5 Å². The molecule has 0 N–H and O–H groups in total. The molecular weight excluding hydrogens is 244 g/mol. The number of alkyl halides is 1. The van der Waals surface area contributed by atoms with Crippen molar-refractivity contribution in [1.29, 1.82) is 0 Å². The van der Waals surface area contributed by atoms with Crippen molar-refractivity contribution in [3.8, 4) is 0 Å². The van der Waals surface area contributed by atoms with E-state index in [4.69, 9.17) is 0 Å². The number of rotatable bonds is 8. The smallest absolute Gasteiger partial charge is 0.140 e. The van der Waals surface area contributed by atoms with Gasteiger partial charge in [0, 0.05) is 5.33 Å². The van der Waals surface area contributed by atoms with Gasteiger partial charge in [0.15, 0.2) is 0 Å². The van der Waals surface area contributed by atoms with E-state index >= 15 is 0 Å². The first kappa shape index (κ1) is 13.8. The van der Waals surface area contributed by atoms with E-state index in [1.54, 1.807) is 0 Å². The second-order valence-electron chi connectivity index (χ2n) is 3.67. The first-order valence-corrected chi connectivity index (χ1v) is 6.28. The van der Waals surface area contributed by atoms with Gasteiger partial charge in [0.25, 0.3) is 0 Å². The van der Waals surface area contributed by atoms with Crippen LogP contribution in [0.2, 0.25) is 0 Å². The summed E-state index contributed by atoms with van der Waals surface area (Å²) in [6.45, 7) is 3.01. The van der Waals surface area contributed by atoms with Crippen molar-refractivity contribution < 1.29 is 9.59 Å². The van der Waals surface area contributed by atoms with E-state index in [-0.39, 0.29) is 17.5 Å². The van der Waals surface area contributed by atoms with Crippen LogP contribution in [0.1, 0.15) is 46.0 Å². The molecule has 0 radical (unpaired) electrons. The fourth-order valence-electron chi connectivity index (χ4n) is 1.49. The van der Waals surface area contributed by atoms with Crippen LogP contribution >= 0.6 is 15.9 Å². The number of carbonyl (C=O) groups excluding carboxylic acids is 2. The van der Waals surface area contributed by atoms with Crippen LogP contribution < -0.4 is 0 Å². The lowest BCUT2D eigenvalue weighted by Crippen LogP contribution is -2.19. The highest BCUT2D eigenvalue weighted by molar-refractivity contribution is 9.09. The molecule has 3 heteroatoms. The molecule has 0 aromatic carbocycles. The van der Waals surface area contributed by atoms with Crippen LogP contribution in [0, 0.1) is 5.92 Å². The molecule has 0 atom stereocenters. The highest BCUT2D eigenvalue weighted by Crippen LogP contribution is 2.13. The van der Waals surface area contributed by atoms with E-state index in [9.17, 15) is 9.59 Å². The molecule has 0 rings (SSSR count). The molecule has 0 saturated heterocycles. The molecule has 0 aromatic heterocycles. The largest absolute Gasteiger partial charge is 0.299 e. The molecule has 0 aliphatic carbocycles. The van der Waals surface area contributed by atoms with E-state index in [0.29, 0.717) is 0 Å². The minimum atomic E-state index is -0.348. The van der Waals surface area contributed by atoms with Gasteiger partial charge in [-0.25, -0.2) is 0 Å². The number of hydrogen-bond acceptors (Lipinski definition) is 2. The van der Waals surface area contributed by atoms with E-state index in [1.165, 1.54) is 26.7 Å². The maximum Gasteiger partial charge on any atom is 0.140 e. The number of carbonyl (C=O) groups is 2. The molecule has 0 amide bonds. The average molecular weight is 263 g/mol. The molecule has 0 unspecified atom stereocenters. The van der Waals surface area contributed by atoms with Gasteiger partial charge in [0.1, 0.15) is 11.6 Å². The third kappa shape index (κ3) is 6.30. The van der Waals surface area contributed by atoms with Crippen LogP contribution in [0.3, 0.4) is 0 Å². The minimum Gasteiger partial charge on any atom is -0.299 e. The highest BCUT2D eigenvalue weighted by atomic mass is 79.9. The van der Waals surface area contributed by atoms with Gasteiger partial charge in [0.05, 0.1) is 5.92 Å². The summed E-state index contributed by atoms with van der Waals surface area (Å²) >= 11 is 3.37. The van der Waals surface area contributed by atoms with E-state index in [2.05, 4.69) is 15.9 Å². The zero-order valence-corrected chi connectivity index (χ0v) is 10.6. The molecule has 0 spiro atoms. The molecule has 0 aliphatic rings. The van der Waals surface area contributed by atoms with Crippen LogP contribution in [0.15, 0.2) is 0 Å². The Bertz CT molecular complexity index is 176. The van der Waals surface area contributed by atoms with Gasteiger partial charge in [-0.15, -0.1) is 0 Å². The molecule has 2 nitrogen and oxygen atoms in total. The first-order chi connectivity index (χ1) is 6.59. The highest BCUT2D eigenvalue weighted by Gasteiger charge is 2.18. The minimum absolute atomic E-state index is 0.0120. The Kier molecular flexibility index (Phi) is 8.05. The van der Waals surface area contributed by atoms with Crippen molar-refractivity contribution in [2.45, 2.75) is 46.0 Å². The Morgan fingerprint density at radius 2 is 1.50 bits per heavy atom. The molecule has 0 saturated carbocycles. The Morgan fingerprint density at radius 1 is 1.00 bits per heavy atom. The first-order valence-electron chi connectivity index (χ1n) is 5.16. The topological polar surface area (TPSA) is 34.1 Å². The maximum absolute atomic E-state index is 11.1. The summed E-state index contributed by atoms with van der Waals surface area (Å²) < 4.78 is 0. The molecule has 82 valence electrons. The van der Waals surface area contributed by atoms with Crippen molar-refractivity contribution in [3.63, 3.8) is 0 Å². The molecule has 0 aliphatic heterocycles. The summed E-state index contributed by atoms with van der Waals surface area (Å²) in [5, 5.41) is 1.04. The lowest BCUT2D eigenvalue weighted by Gasteiger charge is -2.09. The van der Waals surface area contributed by atoms with E-state index < -0.39 is 0 Å². The van der Waals surface area contributed by atoms with Crippen LogP contribution in [-0.2, 0) is 9.59 Å². The fourth-order valence-corrected chi connectivity index (χ4v) is 1.89. The number of hydrogen-bond donors (Lipinski definition) is 0. The van der Waals surface area contributed by atoms with Crippen molar-refractivity contribution in [2.24, 2.45) is 5.92 Å². The van der Waals surface area contributed by atoms with Gasteiger partial charge < -0.3 is 0 Å². The maximum atomic E-state index is 11.1. The summed E-state index contributed by atoms with van der Waals surface area (Å²) in [6, 6.07) is 0. The van der Waals surface area contributed by atoms with Crippen LogP contribution in [0.4, 0.5) is 0 Å². The molecule has 14 heavy (non-hydrogen) atoms. The Balaban J connectivity index is 3.62. The Labute approximate surface area is 94.6 Å². The predicted octanol–water partition coefficient (Wildman–Crippen LogP) is 3.13. The Morgan fingerprint density at radius 3 is 1.93 bits per heavy atom. The molecule has 0 heterocycles. The molecule has 0 fully saturated rings. The SMILES string of the molecule is CC(=O)C(CCCCCCBr)C(C)=O. The molecule has 0 aromatic rings. The molecular formula is C11H19BrO2. The summed E-state index contributed by atoms with van der Waals surface area (Å²) in [5.41, 5.74) is 0. The Hall–Kier alpha value is -0.180. The zero-order valence-electron chi connectivity index (χ0n) is 9.01. The lowest BCUT2D eigenvalue weighted by atomic mass is 9.94. The van der Waals surface area contributed by atoms with Crippen molar-refractivity contribution in [1.82, 2.24) is 0 Å². The monoisotopic (exact) mass is 262 g/mol. The summed E-state index contributed by atoms with van der Waals surface area (Å²) in [4.78, 5) is 22.2. The summed E-state index contributed by atoms with van der Waals surface area (Å²) in [5.74, 6) is -0.324. The number of halogens is 1. The number of ketones is 2. The van der Waals surface area contributed by atoms with Crippen molar-refractivity contribution in [2.75, 3.05) is 5.33 Å². The fraction of sp³-hybridized carbons (Fsp3) is 0.818. The predicted molar refractivity (Wildman–Crippen MR) is 61.7 cm³/mol. The van der Waals surface area contributed by atoms with Gasteiger partial charge in [0.2, 0.25) is 0 Å². The van der Waals surface area contributed by atoms with Crippen LogP contribution in [0.5, 0.6) is 0 Å². The number of unbranched alkanes of at least 4 members (excludes halogenated alkanes) is 3. The van der Waals surface area contributed by atoms with Gasteiger partial charge in [-0.05, 0) is 26.7 Å². The summed E-state index contributed by atoms with van der Waals surface area (Å²) in [6.07, 6.45) is 5.17. The standard InChI is InChI=1S/C11H19BrO2/c1-9(13)11(10(2)14)7-5-3-4-6-8-12/h11H,3-8H2,1-2H3. The van der Waals surface area contributed by atoms with Gasteiger partial charge >= 0.3 is 0 Å². The van der Waals surface area contributed by atoms with Gasteiger partial charge in [-0.3, -0.25) is 9.59 Å². The second-order valence-corrected chi connectivity index (χ2v) is 4.46. The summed E-state index contributed by atoms with van der Waals surface area (Å²) in [7, 11) is 0. The molecule has 0 bridgehead atoms. The lowest BCUT2D eigenvalue weighted by molar-refractivity contribution is -0.130. The van der Waals surface area contributed by atoms with Gasteiger partial charge in [-0.1, -0.05) is 35.2 Å². The third-order valence-electron chi connectivity index (χ3n) is 2.36. The number of Topliss-reactive ketones (excluding diaryl/α,β-unsaturated/α-hetero) is 2. The second kappa shape index (κ2) is 8.16.